The number of rotatable bonds is 56. The first-order valence-corrected chi connectivity index (χ1v) is 49.8. The van der Waals surface area contributed by atoms with Crippen molar-refractivity contribution in [3.05, 3.63) is 122 Å². The number of nitrogen functional groups attached to an aromatic ring is 1. The molecular weight excluding hydrogens is 2100 g/mol. The maximum atomic E-state index is 15.5. The fraction of sp³-hybridized carbons (Fsp3) is 0.534. The number of hydrogen-bond acceptors (Lipinski definition) is 40. The largest absolute Gasteiger partial charge is 0.445 e. The molecule has 0 bridgehead atoms. The number of nitrogens with zero attached hydrogens (tertiary/aromatic N) is 7. The number of aliphatic hydroxyl groups is 8. The zero-order chi connectivity index (χ0) is 107. The van der Waals surface area contributed by atoms with Crippen molar-refractivity contribution in [1.82, 2.24) is 93.0 Å². The molecule has 1 aliphatic heterocycles. The van der Waals surface area contributed by atoms with Crippen molar-refractivity contribution in [3.63, 3.8) is 0 Å². The third kappa shape index (κ3) is 33.5. The molecule has 1 aliphatic carbocycles. The van der Waals surface area contributed by atoms with E-state index in [1.54, 1.807) is 37.4 Å². The van der Waals surface area contributed by atoms with Crippen molar-refractivity contribution in [3.8, 4) is 10.7 Å². The van der Waals surface area contributed by atoms with Crippen LogP contribution < -0.4 is 92.9 Å². The van der Waals surface area contributed by atoms with Crippen molar-refractivity contribution < 1.29 is 141 Å². The molecule has 21 atom stereocenters. The highest BCUT2D eigenvalue weighted by molar-refractivity contribution is 9.09. The molecule has 2 fully saturated rings. The van der Waals surface area contributed by atoms with Gasteiger partial charge in [-0.15, -0.1) is 22.7 Å². The molecule has 1 saturated heterocycles. The molecule has 9 rings (SSSR count). The highest BCUT2D eigenvalue weighted by Gasteiger charge is 2.54. The summed E-state index contributed by atoms with van der Waals surface area (Å²) in [5, 5.41) is 123. The number of aromatic nitrogens is 8. The second-order valence-corrected chi connectivity index (χ2v) is 37.3. The summed E-state index contributed by atoms with van der Waals surface area (Å²) in [6.45, 7) is 5.77. The van der Waals surface area contributed by atoms with E-state index in [1.165, 1.54) is 68.7 Å². The number of H-pyrrole nitrogens is 1. The summed E-state index contributed by atoms with van der Waals surface area (Å²) in [6.07, 6.45) is -24.8. The molecule has 798 valence electrons. The Morgan fingerprint density at radius 3 is 1.99 bits per heavy atom. The second-order valence-electron chi connectivity index (χ2n) is 34.3. The quantitative estimate of drug-likeness (QED) is 0.0126. The Bertz CT molecular complexity index is 5650. The van der Waals surface area contributed by atoms with Gasteiger partial charge in [0, 0.05) is 96.2 Å². The van der Waals surface area contributed by atoms with Gasteiger partial charge in [0.2, 0.25) is 47.3 Å². The van der Waals surface area contributed by atoms with E-state index in [9.17, 15) is 98.4 Å². The Morgan fingerprint density at radius 1 is 0.658 bits per heavy atom. The molecule has 2 aliphatic rings. The maximum absolute atomic E-state index is 15.5. The first kappa shape index (κ1) is 117. The Morgan fingerprint density at radius 2 is 1.36 bits per heavy atom. The number of aromatic amines is 1. The number of anilines is 2. The molecule has 32 N–H and O–H groups in total. The number of thiazole rings is 2. The number of alkyl carbamates (subject to hydrolysis) is 1. The zero-order valence-electron chi connectivity index (χ0n) is 79.8. The van der Waals surface area contributed by atoms with Gasteiger partial charge >= 0.3 is 18.2 Å². The van der Waals surface area contributed by atoms with Gasteiger partial charge in [0.05, 0.1) is 121 Å². The van der Waals surface area contributed by atoms with Crippen LogP contribution in [0.3, 0.4) is 0 Å². The number of benzene rings is 2. The lowest BCUT2D eigenvalue weighted by molar-refractivity contribution is -0.335. The van der Waals surface area contributed by atoms with E-state index in [0.717, 1.165) is 35.2 Å². The van der Waals surface area contributed by atoms with Crippen molar-refractivity contribution in [1.29, 1.82) is 0 Å². The SMILES string of the molecule is Cc1c(N)nc([C@H](CC(N)=O)NCC(NC(=O)OCc2ccc(NC(=O)[C@H](CCCNC(N)=O)NC(=O)[C@@H](NC(=O)CCOCCOCCNC(=O)c3ccc4nc(CBr)c(CBr)nc4c3)C(C)C)cc2)C(N)=O)nc1C(=O)N[C@H](C(=O)N[C@H](C)[C@@H](O)[C@H](C)C(=O)N[C@H](C(=O)NCCc1nc(-c2nc(C(N)=O)cs2)cs1)[C@@H](C)O)[C@H](O[C@@H]1C[C@@H](CO)[C@@H](O)[C@H](O)[C@@H]1O[C@H]1O[C@H](CO)[C@@H](O)[C@H](OC(N)=O)[C@@H]1O)c1cnc[nH]1. The van der Waals surface area contributed by atoms with Crippen LogP contribution >= 0.6 is 54.5 Å². The highest BCUT2D eigenvalue weighted by atomic mass is 79.9. The van der Waals surface area contributed by atoms with Crippen LogP contribution in [0.5, 0.6) is 0 Å². The van der Waals surface area contributed by atoms with Crippen molar-refractivity contribution in [2.24, 2.45) is 46.4 Å². The number of carbonyl (C=O) groups is 14. The van der Waals surface area contributed by atoms with Crippen molar-refractivity contribution in [2.75, 3.05) is 76.9 Å². The topological polar surface area (TPSA) is 860 Å². The number of urea groups is 1. The molecule has 58 heteroatoms. The Balaban J connectivity index is 0.849. The standard InChI is InChI=1S/C88H121Br2N25O29S2/c1-37(2)61(111-59(120)16-20-138-22-23-139-21-19-99-78(129)43-11-14-46-48(24-43)106-51(28-90)50(27-89)105-46)81(132)108-47(8-7-17-100-86(95)135)79(130)104-45-12-9-42(10-13-45)33-140-88(137)110-53(74(93)126)30-101-49(26-58(91)119)76-112-62(38(3)73(92)115-76)82(133)114-64(70(52-29-97-36-102-52)141-56-25-44(31-116)66(122)68(124)71(56)143-85-69(125)72(144-87(96)136)67(123)57(32-117)142-85)83(134)103-40(5)65(121)39(4)77(128)113-63(41(6)118)80(131)98-18-15-60-107-55(35-145-60)84-109-54(34-146-84)75(94)127/h9-14,24,29,34-37,39-41,44,47,49,53,56-57,61,63-72,85,101,116-118,121-125H,7-8,15-23,25-28,30-33H2,1-6H3,(H2,91,119)(H2,93,126)(H2,94,127)(H2,96,136)(H,97,102)(H,98,131)(H,99,129)(H,103,134)(H,104,130)(H,108,132)(H,110,137)(H,111,120)(H,113,128)(H,114,133)(H2,92,112,115)(H3,95,100,135)/t39-,40+,41+,44-,47-,49-,53?,56+,57+,61-,63-,64-,65-,66+,67+,68-,69-,70+,71+,72-,85+/m0/s1. The lowest BCUT2D eigenvalue weighted by Gasteiger charge is -2.47. The number of amides is 15. The maximum Gasteiger partial charge on any atom is 0.408 e. The van der Waals surface area contributed by atoms with Crippen molar-refractivity contribution in [2.45, 2.75) is 213 Å². The summed E-state index contributed by atoms with van der Waals surface area (Å²) in [6, 6.07) is -1.05. The smallest absolute Gasteiger partial charge is 0.408 e. The number of aliphatic hydroxyl groups excluding tert-OH is 8. The Labute approximate surface area is 858 Å². The molecule has 2 aromatic carbocycles. The summed E-state index contributed by atoms with van der Waals surface area (Å²) in [7, 11) is 0. The molecule has 7 aromatic rings. The normalized spacial score (nSPS) is 20.0. The van der Waals surface area contributed by atoms with E-state index in [0.29, 0.717) is 48.5 Å². The number of nitrogens with two attached hydrogens (primary N) is 6. The number of imidazole rings is 1. The predicted octanol–water partition coefficient (Wildman–Crippen LogP) is -4.37. The number of hydrogen-bond donors (Lipinski definition) is 26. The monoisotopic (exact) mass is 2210 g/mol. The molecule has 0 radical (unpaired) electrons. The molecule has 146 heavy (non-hydrogen) atoms. The third-order valence-electron chi connectivity index (χ3n) is 23.2. The number of nitrogens with one attached hydrogen (secondary N) is 12. The van der Waals surface area contributed by atoms with Crippen molar-refractivity contribution >= 4 is 160 Å². The van der Waals surface area contributed by atoms with Crippen LogP contribution in [0.2, 0.25) is 0 Å². The molecule has 15 amide bonds. The van der Waals surface area contributed by atoms with E-state index in [2.05, 4.69) is 130 Å². The van der Waals surface area contributed by atoms with Gasteiger partial charge in [-0.3, -0.25) is 52.7 Å². The van der Waals surface area contributed by atoms with Gasteiger partial charge in [-0.05, 0) is 81.8 Å². The third-order valence-corrected chi connectivity index (χ3v) is 26.1. The fourth-order valence-corrected chi connectivity index (χ4v) is 17.7. The number of halogens is 2. The van der Waals surface area contributed by atoms with Gasteiger partial charge in [0.15, 0.2) is 12.4 Å². The number of alkyl halides is 2. The number of ether oxygens (including phenoxy) is 7. The minimum absolute atomic E-state index is 0.0217. The van der Waals surface area contributed by atoms with Crippen LogP contribution in [0.1, 0.15) is 149 Å². The van der Waals surface area contributed by atoms with Gasteiger partial charge in [0.25, 0.3) is 17.7 Å². The highest BCUT2D eigenvalue weighted by Crippen LogP contribution is 2.38. The average molecular weight is 2220 g/mol. The van der Waals surface area contributed by atoms with Crippen LogP contribution in [-0.4, -0.2) is 333 Å². The molecule has 6 heterocycles. The molecular formula is C88H121Br2N25O29S2. The van der Waals surface area contributed by atoms with Crippen LogP contribution in [0.4, 0.5) is 25.9 Å². The van der Waals surface area contributed by atoms with E-state index in [1.807, 2.05) is 0 Å². The predicted molar refractivity (Wildman–Crippen MR) is 523 cm³/mol. The van der Waals surface area contributed by atoms with E-state index < -0.39 is 267 Å². The Hall–Kier alpha value is -12.5. The van der Waals surface area contributed by atoms with Gasteiger partial charge in [-0.25, -0.2) is 49.3 Å². The summed E-state index contributed by atoms with van der Waals surface area (Å²) >= 11 is 9.21. The van der Waals surface area contributed by atoms with Crippen LogP contribution in [-0.2, 0) is 95.2 Å². The van der Waals surface area contributed by atoms with E-state index >= 15 is 9.59 Å². The zero-order valence-corrected chi connectivity index (χ0v) is 84.6. The minimum atomic E-state index is -2.22. The molecule has 54 nitrogen and oxygen atoms in total. The van der Waals surface area contributed by atoms with Gasteiger partial charge in [-0.2, -0.15) is 0 Å². The first-order valence-electron chi connectivity index (χ1n) is 45.8. The fourth-order valence-electron chi connectivity index (χ4n) is 15.1. The first-order chi connectivity index (χ1) is 69.4. The van der Waals surface area contributed by atoms with Crippen LogP contribution in [0.25, 0.3) is 21.7 Å². The average Bonchev–Trinajstić information content (AvgIpc) is 1.20. The lowest BCUT2D eigenvalue weighted by atomic mass is 9.80. The minimum Gasteiger partial charge on any atom is -0.445 e. The molecule has 1 saturated carbocycles. The second kappa shape index (κ2) is 56.4. The van der Waals surface area contributed by atoms with E-state index in [4.69, 9.17) is 67.6 Å². The lowest BCUT2D eigenvalue weighted by Crippen LogP contribution is -2.64. The van der Waals surface area contributed by atoms with Gasteiger partial charge < -0.3 is 172 Å². The summed E-state index contributed by atoms with van der Waals surface area (Å²) in [5.41, 5.74) is 37.0. The number of primary amides is 5. The molecule has 1 unspecified atom stereocenters. The summed E-state index contributed by atoms with van der Waals surface area (Å²) < 4.78 is 40.1. The van der Waals surface area contributed by atoms with Crippen LogP contribution in [0.15, 0.2) is 65.7 Å². The number of carbonyl (C=O) groups excluding carboxylic acids is 14. The molecule has 0 spiro atoms. The molecule has 5 aromatic heterocycles. The number of fused-ring (bicyclic) bond motifs is 1. The summed E-state index contributed by atoms with van der Waals surface area (Å²) in [4.78, 5) is 221. The summed E-state index contributed by atoms with van der Waals surface area (Å²) in [5.74, 6) is -14.1. The Kier molecular flexibility index (Phi) is 45.3. The van der Waals surface area contributed by atoms with Crippen LogP contribution in [0, 0.1) is 24.7 Å². The van der Waals surface area contributed by atoms with E-state index in [-0.39, 0.29) is 100 Å². The van der Waals surface area contributed by atoms with Gasteiger partial charge in [-0.1, -0.05) is 64.8 Å². The van der Waals surface area contributed by atoms with Gasteiger partial charge in [0.1, 0.15) is 107 Å².